The van der Waals surface area contributed by atoms with E-state index < -0.39 is 10.0 Å². The van der Waals surface area contributed by atoms with E-state index in [4.69, 9.17) is 11.6 Å². The zero-order chi connectivity index (χ0) is 15.7. The van der Waals surface area contributed by atoms with Crippen molar-refractivity contribution in [2.75, 3.05) is 0 Å². The van der Waals surface area contributed by atoms with Crippen LogP contribution >= 0.6 is 11.6 Å². The van der Waals surface area contributed by atoms with Crippen LogP contribution in [0.1, 0.15) is 11.3 Å². The largest absolute Gasteiger partial charge is 0.359 e. The van der Waals surface area contributed by atoms with Gasteiger partial charge in [0.05, 0.1) is 4.90 Å². The molecule has 3 rings (SSSR count). The molecule has 3 aromatic rings. The maximum atomic E-state index is 12.2. The Hall–Kier alpha value is -1.82. The van der Waals surface area contributed by atoms with Crippen LogP contribution in [0.15, 0.2) is 53.4 Å². The summed E-state index contributed by atoms with van der Waals surface area (Å²) in [5, 5.41) is 1.58. The molecule has 0 amide bonds. The van der Waals surface area contributed by atoms with E-state index in [0.717, 1.165) is 22.2 Å². The lowest BCUT2D eigenvalue weighted by atomic mass is 10.1. The Morgan fingerprint density at radius 1 is 1.09 bits per heavy atom. The molecule has 0 fully saturated rings. The number of sulfonamides is 1. The number of hydrogen-bond acceptors (Lipinski definition) is 2. The SMILES string of the molecule is Cc1cc2cc(CNS(=O)(=O)c3ccc(Cl)cc3)ccc2[nH]1. The van der Waals surface area contributed by atoms with Crippen LogP contribution in [0, 0.1) is 6.92 Å². The fourth-order valence-electron chi connectivity index (χ4n) is 2.31. The van der Waals surface area contributed by atoms with E-state index in [0.29, 0.717) is 5.02 Å². The Bertz CT molecular complexity index is 915. The maximum Gasteiger partial charge on any atom is 0.240 e. The summed E-state index contributed by atoms with van der Waals surface area (Å²) < 4.78 is 27.0. The Morgan fingerprint density at radius 2 is 1.82 bits per heavy atom. The van der Waals surface area contributed by atoms with Crippen LogP contribution in [0.2, 0.25) is 5.02 Å². The highest BCUT2D eigenvalue weighted by Gasteiger charge is 2.13. The van der Waals surface area contributed by atoms with Crippen molar-refractivity contribution in [2.24, 2.45) is 0 Å². The van der Waals surface area contributed by atoms with E-state index >= 15 is 0 Å². The lowest BCUT2D eigenvalue weighted by molar-refractivity contribution is 0.581. The van der Waals surface area contributed by atoms with E-state index in [1.807, 2.05) is 31.2 Å². The Labute approximate surface area is 134 Å². The minimum absolute atomic E-state index is 0.204. The smallest absolute Gasteiger partial charge is 0.240 e. The molecule has 0 bridgehead atoms. The third-order valence-corrected chi connectivity index (χ3v) is 5.08. The summed E-state index contributed by atoms with van der Waals surface area (Å²) in [5.41, 5.74) is 3.03. The molecule has 6 heteroatoms. The highest BCUT2D eigenvalue weighted by atomic mass is 35.5. The number of benzene rings is 2. The first-order valence-electron chi connectivity index (χ1n) is 6.77. The Morgan fingerprint density at radius 3 is 2.55 bits per heavy atom. The molecule has 22 heavy (non-hydrogen) atoms. The van der Waals surface area contributed by atoms with Crippen molar-refractivity contribution in [3.05, 3.63) is 64.8 Å². The highest BCUT2D eigenvalue weighted by Crippen LogP contribution is 2.18. The number of halogens is 1. The number of aromatic amines is 1. The van der Waals surface area contributed by atoms with E-state index in [1.54, 1.807) is 12.1 Å². The Kier molecular flexibility index (Phi) is 3.95. The van der Waals surface area contributed by atoms with E-state index in [9.17, 15) is 8.42 Å². The number of rotatable bonds is 4. The summed E-state index contributed by atoms with van der Waals surface area (Å²) in [4.78, 5) is 3.44. The maximum absolute atomic E-state index is 12.2. The van der Waals surface area contributed by atoms with Gasteiger partial charge in [-0.25, -0.2) is 13.1 Å². The number of hydrogen-bond donors (Lipinski definition) is 2. The van der Waals surface area contributed by atoms with Gasteiger partial charge in [0.1, 0.15) is 0 Å². The average Bonchev–Trinajstić information content (AvgIpc) is 2.85. The molecule has 2 N–H and O–H groups in total. The third kappa shape index (κ3) is 3.16. The summed E-state index contributed by atoms with van der Waals surface area (Å²) >= 11 is 5.77. The molecule has 0 unspecified atom stereocenters. The number of H-pyrrole nitrogens is 1. The van der Waals surface area contributed by atoms with Crippen LogP contribution in [-0.2, 0) is 16.6 Å². The third-order valence-electron chi connectivity index (χ3n) is 3.41. The molecule has 0 saturated heterocycles. The van der Waals surface area contributed by atoms with Crippen LogP contribution in [-0.4, -0.2) is 13.4 Å². The molecule has 0 atom stereocenters. The molecule has 0 aliphatic rings. The number of aromatic nitrogens is 1. The fraction of sp³-hybridized carbons (Fsp3) is 0.125. The second kappa shape index (κ2) is 5.76. The second-order valence-electron chi connectivity index (χ2n) is 5.15. The molecular weight excluding hydrogens is 320 g/mol. The molecule has 0 aliphatic heterocycles. The average molecular weight is 335 g/mol. The lowest BCUT2D eigenvalue weighted by Crippen LogP contribution is -2.23. The summed E-state index contributed by atoms with van der Waals surface area (Å²) in [6, 6.07) is 14.0. The predicted molar refractivity (Wildman–Crippen MR) is 88.5 cm³/mol. The van der Waals surface area contributed by atoms with Crippen molar-refractivity contribution in [1.82, 2.24) is 9.71 Å². The molecule has 114 valence electrons. The number of aryl methyl sites for hydroxylation is 1. The van der Waals surface area contributed by atoms with Crippen molar-refractivity contribution < 1.29 is 8.42 Å². The van der Waals surface area contributed by atoms with Gasteiger partial charge >= 0.3 is 0 Å². The van der Waals surface area contributed by atoms with Crippen LogP contribution in [0.25, 0.3) is 10.9 Å². The van der Waals surface area contributed by atoms with Crippen LogP contribution < -0.4 is 4.72 Å². The predicted octanol–water partition coefficient (Wildman–Crippen LogP) is 3.61. The van der Waals surface area contributed by atoms with Gasteiger partial charge in [-0.15, -0.1) is 0 Å². The van der Waals surface area contributed by atoms with Crippen molar-refractivity contribution in [3.63, 3.8) is 0 Å². The highest BCUT2D eigenvalue weighted by molar-refractivity contribution is 7.89. The van der Waals surface area contributed by atoms with Crippen LogP contribution in [0.3, 0.4) is 0 Å². The normalized spacial score (nSPS) is 11.9. The van der Waals surface area contributed by atoms with E-state index in [1.165, 1.54) is 12.1 Å². The van der Waals surface area contributed by atoms with Gasteiger partial charge in [-0.2, -0.15) is 0 Å². The zero-order valence-electron chi connectivity index (χ0n) is 11.9. The lowest BCUT2D eigenvalue weighted by Gasteiger charge is -2.07. The molecule has 2 aromatic carbocycles. The van der Waals surface area contributed by atoms with Gasteiger partial charge in [0.2, 0.25) is 10.0 Å². The summed E-state index contributed by atoms with van der Waals surface area (Å²) in [5.74, 6) is 0. The molecule has 0 spiro atoms. The standard InChI is InChI=1S/C16H15ClN2O2S/c1-11-8-13-9-12(2-7-16(13)19-11)10-18-22(20,21)15-5-3-14(17)4-6-15/h2-9,18-19H,10H2,1H3. The Balaban J connectivity index is 1.78. The second-order valence-corrected chi connectivity index (χ2v) is 7.36. The van der Waals surface area contributed by atoms with E-state index in [2.05, 4.69) is 9.71 Å². The fourth-order valence-corrected chi connectivity index (χ4v) is 3.46. The van der Waals surface area contributed by atoms with Crippen molar-refractivity contribution in [1.29, 1.82) is 0 Å². The molecule has 0 saturated carbocycles. The van der Waals surface area contributed by atoms with Gasteiger partial charge in [-0.1, -0.05) is 17.7 Å². The van der Waals surface area contributed by atoms with Crippen molar-refractivity contribution in [2.45, 2.75) is 18.4 Å². The van der Waals surface area contributed by atoms with Gasteiger partial charge in [0, 0.05) is 22.8 Å². The molecule has 4 nitrogen and oxygen atoms in total. The van der Waals surface area contributed by atoms with Gasteiger partial charge < -0.3 is 4.98 Å². The molecule has 1 aromatic heterocycles. The van der Waals surface area contributed by atoms with Crippen molar-refractivity contribution >= 4 is 32.5 Å². The van der Waals surface area contributed by atoms with Gasteiger partial charge in [-0.3, -0.25) is 0 Å². The number of nitrogens with one attached hydrogen (secondary N) is 2. The minimum atomic E-state index is -3.54. The monoisotopic (exact) mass is 334 g/mol. The molecule has 1 heterocycles. The summed E-state index contributed by atoms with van der Waals surface area (Å²) in [7, 11) is -3.54. The topological polar surface area (TPSA) is 62.0 Å². The molecule has 0 radical (unpaired) electrons. The summed E-state index contributed by atoms with van der Waals surface area (Å²) in [6.07, 6.45) is 0. The first-order chi connectivity index (χ1) is 10.4. The van der Waals surface area contributed by atoms with Gasteiger partial charge in [-0.05, 0) is 60.3 Å². The first kappa shape index (κ1) is 15.1. The molecular formula is C16H15ClN2O2S. The quantitative estimate of drug-likeness (QED) is 0.765. The van der Waals surface area contributed by atoms with Crippen molar-refractivity contribution in [3.8, 4) is 0 Å². The van der Waals surface area contributed by atoms with Gasteiger partial charge in [0.25, 0.3) is 0 Å². The minimum Gasteiger partial charge on any atom is -0.359 e. The zero-order valence-corrected chi connectivity index (χ0v) is 13.5. The van der Waals surface area contributed by atoms with Crippen LogP contribution in [0.4, 0.5) is 0 Å². The number of fused-ring (bicyclic) bond motifs is 1. The van der Waals surface area contributed by atoms with Gasteiger partial charge in [0.15, 0.2) is 0 Å². The summed E-state index contributed by atoms with van der Waals surface area (Å²) in [6.45, 7) is 2.23. The molecule has 0 aliphatic carbocycles. The van der Waals surface area contributed by atoms with E-state index in [-0.39, 0.29) is 11.4 Å². The first-order valence-corrected chi connectivity index (χ1v) is 8.64. The van der Waals surface area contributed by atoms with Crippen LogP contribution in [0.5, 0.6) is 0 Å².